The Morgan fingerprint density at radius 2 is 1.43 bits per heavy atom. The molecular formula is C16H28N4O8. The second-order valence-electron chi connectivity index (χ2n) is 6.53. The van der Waals surface area contributed by atoms with Crippen LogP contribution in [0.1, 0.15) is 33.1 Å². The van der Waals surface area contributed by atoms with Crippen molar-refractivity contribution in [3.05, 3.63) is 0 Å². The molecule has 8 N–H and O–H groups in total. The van der Waals surface area contributed by atoms with Gasteiger partial charge in [0.1, 0.15) is 18.1 Å². The number of aliphatic hydroxyl groups is 1. The highest BCUT2D eigenvalue weighted by molar-refractivity contribution is 5.93. The van der Waals surface area contributed by atoms with Gasteiger partial charge in [0.2, 0.25) is 17.7 Å². The maximum absolute atomic E-state index is 12.5. The van der Waals surface area contributed by atoms with Crippen LogP contribution in [0, 0.1) is 5.92 Å². The Morgan fingerprint density at radius 1 is 0.893 bits per heavy atom. The maximum Gasteiger partial charge on any atom is 0.328 e. The van der Waals surface area contributed by atoms with Crippen LogP contribution in [0.2, 0.25) is 0 Å². The lowest BCUT2D eigenvalue weighted by molar-refractivity contribution is -0.144. The number of rotatable bonds is 13. The summed E-state index contributed by atoms with van der Waals surface area (Å²) in [6.45, 7) is 2.38. The van der Waals surface area contributed by atoms with Gasteiger partial charge in [0.25, 0.3) is 0 Å². The number of carboxylic acid groups (broad SMARTS) is 2. The third-order valence-electron chi connectivity index (χ3n) is 3.62. The lowest BCUT2D eigenvalue weighted by Crippen LogP contribution is -2.57. The highest BCUT2D eigenvalue weighted by Crippen LogP contribution is 2.07. The molecule has 12 heteroatoms. The third-order valence-corrected chi connectivity index (χ3v) is 3.62. The molecule has 28 heavy (non-hydrogen) atoms. The standard InChI is InChI=1S/C16H28N4O8/c1-8(2)5-10(18-12(22)6-17)15(26)19-9(3-4-13(23)24)14(25)20-11(7-21)16(27)28/h8-11,21H,3-7,17H2,1-2H3,(H,18,22)(H,19,26)(H,20,25)(H,23,24)(H,27,28). The van der Waals surface area contributed by atoms with Crippen LogP contribution >= 0.6 is 0 Å². The molecule has 160 valence electrons. The second-order valence-corrected chi connectivity index (χ2v) is 6.53. The Bertz CT molecular complexity index is 581. The van der Waals surface area contributed by atoms with Crippen LogP contribution in [0.15, 0.2) is 0 Å². The molecule has 12 nitrogen and oxygen atoms in total. The number of hydrogen-bond donors (Lipinski definition) is 7. The summed E-state index contributed by atoms with van der Waals surface area (Å²) in [5.74, 6) is -5.00. The summed E-state index contributed by atoms with van der Waals surface area (Å²) in [6.07, 6.45) is -0.553. The number of carbonyl (C=O) groups excluding carboxylic acids is 3. The molecule has 0 aliphatic rings. The highest BCUT2D eigenvalue weighted by Gasteiger charge is 2.29. The zero-order valence-corrected chi connectivity index (χ0v) is 15.8. The van der Waals surface area contributed by atoms with Gasteiger partial charge < -0.3 is 37.0 Å². The average molecular weight is 404 g/mol. The third kappa shape index (κ3) is 9.83. The minimum Gasteiger partial charge on any atom is -0.481 e. The van der Waals surface area contributed by atoms with Gasteiger partial charge >= 0.3 is 11.9 Å². The van der Waals surface area contributed by atoms with E-state index in [4.69, 9.17) is 21.1 Å². The molecule has 0 aliphatic carbocycles. The van der Waals surface area contributed by atoms with Gasteiger partial charge in [0, 0.05) is 6.42 Å². The lowest BCUT2D eigenvalue weighted by atomic mass is 10.0. The van der Waals surface area contributed by atoms with E-state index in [1.165, 1.54) is 0 Å². The van der Waals surface area contributed by atoms with Crippen molar-refractivity contribution in [2.45, 2.75) is 51.2 Å². The number of aliphatic carboxylic acids is 2. The normalized spacial score (nSPS) is 13.9. The maximum atomic E-state index is 12.5. The first kappa shape index (κ1) is 25.3. The number of carbonyl (C=O) groups is 5. The molecule has 0 saturated heterocycles. The average Bonchev–Trinajstić information content (AvgIpc) is 2.60. The molecule has 0 radical (unpaired) electrons. The van der Waals surface area contributed by atoms with Crippen molar-refractivity contribution in [1.82, 2.24) is 16.0 Å². The summed E-state index contributed by atoms with van der Waals surface area (Å²) in [5.41, 5.74) is 5.23. The van der Waals surface area contributed by atoms with Gasteiger partial charge in [-0.25, -0.2) is 4.79 Å². The first-order valence-electron chi connectivity index (χ1n) is 8.67. The van der Waals surface area contributed by atoms with Gasteiger partial charge in [-0.1, -0.05) is 13.8 Å². The van der Waals surface area contributed by atoms with Gasteiger partial charge in [0.05, 0.1) is 13.2 Å². The molecule has 0 heterocycles. The summed E-state index contributed by atoms with van der Waals surface area (Å²) >= 11 is 0. The van der Waals surface area contributed by atoms with Gasteiger partial charge in [-0.15, -0.1) is 0 Å². The van der Waals surface area contributed by atoms with E-state index >= 15 is 0 Å². The predicted molar refractivity (Wildman–Crippen MR) is 95.9 cm³/mol. The van der Waals surface area contributed by atoms with E-state index in [9.17, 15) is 24.0 Å². The molecule has 0 saturated carbocycles. The molecule has 0 fully saturated rings. The van der Waals surface area contributed by atoms with Crippen LogP contribution in [0.4, 0.5) is 0 Å². The van der Waals surface area contributed by atoms with E-state index in [2.05, 4.69) is 10.6 Å². The molecular weight excluding hydrogens is 376 g/mol. The highest BCUT2D eigenvalue weighted by atomic mass is 16.4. The summed E-state index contributed by atoms with van der Waals surface area (Å²) < 4.78 is 0. The van der Waals surface area contributed by atoms with E-state index in [0.29, 0.717) is 0 Å². The number of hydrogen-bond acceptors (Lipinski definition) is 7. The molecule has 0 aromatic rings. The minimum atomic E-state index is -1.61. The van der Waals surface area contributed by atoms with Crippen LogP contribution in [0.5, 0.6) is 0 Å². The fourth-order valence-electron chi connectivity index (χ4n) is 2.22. The van der Waals surface area contributed by atoms with E-state index in [1.54, 1.807) is 0 Å². The molecule has 0 aliphatic heterocycles. The van der Waals surface area contributed by atoms with E-state index in [0.717, 1.165) is 0 Å². The van der Waals surface area contributed by atoms with Crippen LogP contribution in [-0.4, -0.2) is 76.3 Å². The number of nitrogens with two attached hydrogens (primary N) is 1. The molecule has 0 bridgehead atoms. The van der Waals surface area contributed by atoms with E-state index < -0.39 is 60.8 Å². The van der Waals surface area contributed by atoms with Crippen LogP contribution in [0.25, 0.3) is 0 Å². The Kier molecular flexibility index (Phi) is 11.4. The van der Waals surface area contributed by atoms with Gasteiger partial charge in [0.15, 0.2) is 0 Å². The monoisotopic (exact) mass is 404 g/mol. The van der Waals surface area contributed by atoms with E-state index in [-0.39, 0.29) is 25.3 Å². The molecule has 0 aromatic carbocycles. The van der Waals surface area contributed by atoms with Gasteiger partial charge in [-0.2, -0.15) is 0 Å². The van der Waals surface area contributed by atoms with Crippen molar-refractivity contribution in [3.8, 4) is 0 Å². The zero-order valence-electron chi connectivity index (χ0n) is 15.8. The van der Waals surface area contributed by atoms with Crippen molar-refractivity contribution in [2.75, 3.05) is 13.2 Å². The van der Waals surface area contributed by atoms with Crippen molar-refractivity contribution in [2.24, 2.45) is 11.7 Å². The number of nitrogens with one attached hydrogen (secondary N) is 3. The fraction of sp³-hybridized carbons (Fsp3) is 0.688. The largest absolute Gasteiger partial charge is 0.481 e. The molecule has 0 aromatic heterocycles. The number of aliphatic hydroxyl groups excluding tert-OH is 1. The first-order valence-corrected chi connectivity index (χ1v) is 8.67. The second kappa shape index (κ2) is 12.6. The van der Waals surface area contributed by atoms with Crippen molar-refractivity contribution in [1.29, 1.82) is 0 Å². The van der Waals surface area contributed by atoms with E-state index in [1.807, 2.05) is 19.2 Å². The fourth-order valence-corrected chi connectivity index (χ4v) is 2.22. The summed E-state index contributed by atoms with van der Waals surface area (Å²) in [4.78, 5) is 58.1. The van der Waals surface area contributed by atoms with Gasteiger partial charge in [-0.05, 0) is 18.8 Å². The SMILES string of the molecule is CC(C)CC(NC(=O)CN)C(=O)NC(CCC(=O)O)C(=O)NC(CO)C(=O)O. The summed E-state index contributed by atoms with van der Waals surface area (Å²) in [6, 6.07) is -3.99. The molecule has 0 spiro atoms. The van der Waals surface area contributed by atoms with Crippen LogP contribution < -0.4 is 21.7 Å². The minimum absolute atomic E-state index is 0.00546. The molecule has 3 amide bonds. The van der Waals surface area contributed by atoms with Crippen molar-refractivity contribution < 1.29 is 39.3 Å². The number of carboxylic acids is 2. The van der Waals surface area contributed by atoms with Crippen molar-refractivity contribution >= 4 is 29.7 Å². The summed E-state index contributed by atoms with van der Waals surface area (Å²) in [7, 11) is 0. The zero-order chi connectivity index (χ0) is 21.9. The Balaban J connectivity index is 5.32. The van der Waals surface area contributed by atoms with Crippen LogP contribution in [0.3, 0.4) is 0 Å². The Morgan fingerprint density at radius 3 is 1.86 bits per heavy atom. The predicted octanol–water partition coefficient (Wildman–Crippen LogP) is -2.61. The smallest absolute Gasteiger partial charge is 0.328 e. The lowest BCUT2D eigenvalue weighted by Gasteiger charge is -2.24. The molecule has 0 rings (SSSR count). The molecule has 3 atom stereocenters. The van der Waals surface area contributed by atoms with Crippen LogP contribution in [-0.2, 0) is 24.0 Å². The quantitative estimate of drug-likeness (QED) is 0.171. The number of amides is 3. The first-order chi connectivity index (χ1) is 13.0. The van der Waals surface area contributed by atoms with Crippen molar-refractivity contribution in [3.63, 3.8) is 0 Å². The molecule has 3 unspecified atom stereocenters. The van der Waals surface area contributed by atoms with Gasteiger partial charge in [-0.3, -0.25) is 19.2 Å². The summed E-state index contributed by atoms with van der Waals surface area (Å²) in [5, 5.41) is 33.5. The Labute approximate surface area is 161 Å². The Hall–Kier alpha value is -2.73. The topological polar surface area (TPSA) is 208 Å².